The zero-order chi connectivity index (χ0) is 19.3. The number of oxime groups is 1. The Balaban J connectivity index is 2.33. The van der Waals surface area contributed by atoms with Crippen LogP contribution in [0.4, 0.5) is 5.13 Å². The van der Waals surface area contributed by atoms with E-state index in [-0.39, 0.29) is 11.0 Å². The third kappa shape index (κ3) is 5.24. The molecule has 0 radical (unpaired) electrons. The summed E-state index contributed by atoms with van der Waals surface area (Å²) in [5.74, 6) is -2.32. The molecule has 1 aromatic carbocycles. The van der Waals surface area contributed by atoms with Crippen LogP contribution in [0.2, 0.25) is 0 Å². The topological polar surface area (TPSA) is 137 Å². The number of aromatic nitrogens is 2. The van der Waals surface area contributed by atoms with E-state index >= 15 is 0 Å². The second-order valence-electron chi connectivity index (χ2n) is 6.13. The molecular weight excluding hydrogens is 360 g/mol. The van der Waals surface area contributed by atoms with E-state index in [1.54, 1.807) is 51.1 Å². The largest absolute Gasteiger partial charge is 0.476 e. The fourth-order valence-electron chi connectivity index (χ4n) is 1.84. The third-order valence-corrected chi connectivity index (χ3v) is 3.37. The second-order valence-corrected chi connectivity index (χ2v) is 6.91. The number of carboxylic acids is 1. The van der Waals surface area contributed by atoms with Crippen molar-refractivity contribution in [2.75, 3.05) is 5.73 Å². The molecule has 0 bridgehead atoms. The van der Waals surface area contributed by atoms with Crippen LogP contribution in [0.1, 0.15) is 38.3 Å². The lowest BCUT2D eigenvalue weighted by molar-refractivity contribution is -0.169. The molecule has 1 aromatic heterocycles. The van der Waals surface area contributed by atoms with Gasteiger partial charge in [-0.2, -0.15) is 9.36 Å². The van der Waals surface area contributed by atoms with Crippen LogP contribution >= 0.6 is 11.5 Å². The smallest absolute Gasteiger partial charge is 0.362 e. The van der Waals surface area contributed by atoms with Gasteiger partial charge in [0.15, 0.2) is 5.13 Å². The molecule has 0 saturated heterocycles. The fourth-order valence-corrected chi connectivity index (χ4v) is 2.27. The predicted octanol–water partition coefficient (Wildman–Crippen LogP) is 2.01. The van der Waals surface area contributed by atoms with Gasteiger partial charge in [-0.25, -0.2) is 9.59 Å². The number of anilines is 1. The lowest BCUT2D eigenvalue weighted by atomic mass is 10.1. The van der Waals surface area contributed by atoms with E-state index in [2.05, 4.69) is 14.5 Å². The molecule has 0 aliphatic rings. The SMILES string of the molecule is CC(C)(C)OC(=O)C(ON=C(C(=O)O)c1nsc(N)n1)c1ccccc1. The van der Waals surface area contributed by atoms with Crippen molar-refractivity contribution in [2.24, 2.45) is 5.16 Å². The van der Waals surface area contributed by atoms with E-state index in [4.69, 9.17) is 15.3 Å². The number of carbonyl (C=O) groups is 2. The van der Waals surface area contributed by atoms with Crippen molar-refractivity contribution in [1.29, 1.82) is 0 Å². The molecule has 0 fully saturated rings. The Morgan fingerprint density at radius 1 is 1.27 bits per heavy atom. The standard InChI is InChI=1S/C16H18N4O5S/c1-16(2,3)24-14(23)11(9-7-5-4-6-8-9)25-19-10(13(21)22)12-18-15(17)26-20-12/h4-8,11H,1-3H3,(H,21,22)(H2,17,18,20). The summed E-state index contributed by atoms with van der Waals surface area (Å²) < 4.78 is 9.12. The highest BCUT2D eigenvalue weighted by molar-refractivity contribution is 7.09. The van der Waals surface area contributed by atoms with Crippen molar-refractivity contribution in [3.63, 3.8) is 0 Å². The maximum absolute atomic E-state index is 12.5. The Labute approximate surface area is 153 Å². The molecule has 0 amide bonds. The molecule has 2 rings (SSSR count). The maximum Gasteiger partial charge on any atom is 0.362 e. The van der Waals surface area contributed by atoms with Crippen LogP contribution < -0.4 is 5.73 Å². The van der Waals surface area contributed by atoms with E-state index in [1.165, 1.54) is 0 Å². The van der Waals surface area contributed by atoms with Gasteiger partial charge in [0.25, 0.3) is 0 Å². The lowest BCUT2D eigenvalue weighted by Gasteiger charge is -2.23. The van der Waals surface area contributed by atoms with Gasteiger partial charge in [0.2, 0.25) is 17.6 Å². The second kappa shape index (κ2) is 7.91. The fraction of sp³-hybridized carbons (Fsp3) is 0.312. The minimum absolute atomic E-state index is 0.0840. The van der Waals surface area contributed by atoms with Gasteiger partial charge in [-0.3, -0.25) is 0 Å². The highest BCUT2D eigenvalue weighted by atomic mass is 32.1. The van der Waals surface area contributed by atoms with Crippen LogP contribution in [0.25, 0.3) is 0 Å². The first-order valence-electron chi connectivity index (χ1n) is 7.52. The molecule has 2 aromatic rings. The van der Waals surface area contributed by atoms with Gasteiger partial charge in [0.05, 0.1) is 0 Å². The van der Waals surface area contributed by atoms with E-state index in [0.717, 1.165) is 11.5 Å². The highest BCUT2D eigenvalue weighted by Gasteiger charge is 2.30. The van der Waals surface area contributed by atoms with Gasteiger partial charge in [0, 0.05) is 17.1 Å². The Bertz CT molecular complexity index is 814. The van der Waals surface area contributed by atoms with Crippen LogP contribution in [0.15, 0.2) is 35.5 Å². The molecule has 9 nitrogen and oxygen atoms in total. The molecule has 26 heavy (non-hydrogen) atoms. The van der Waals surface area contributed by atoms with Crippen LogP contribution in [0.5, 0.6) is 0 Å². The van der Waals surface area contributed by atoms with Crippen LogP contribution in [-0.4, -0.2) is 37.7 Å². The van der Waals surface area contributed by atoms with Crippen molar-refractivity contribution >= 4 is 34.3 Å². The zero-order valence-electron chi connectivity index (χ0n) is 14.4. The number of hydrogen-bond donors (Lipinski definition) is 2. The van der Waals surface area contributed by atoms with Crippen molar-refractivity contribution in [3.05, 3.63) is 41.7 Å². The number of ether oxygens (including phenoxy) is 1. The normalized spacial score (nSPS) is 13.1. The summed E-state index contributed by atoms with van der Waals surface area (Å²) in [5, 5.41) is 13.0. The number of carboxylic acid groups (broad SMARTS) is 1. The molecular formula is C16H18N4O5S. The third-order valence-electron chi connectivity index (χ3n) is 2.83. The number of carbonyl (C=O) groups excluding carboxylic acids is 1. The number of esters is 1. The average Bonchev–Trinajstić information content (AvgIpc) is 2.96. The monoisotopic (exact) mass is 378 g/mol. The van der Waals surface area contributed by atoms with Gasteiger partial charge in [0.1, 0.15) is 5.60 Å². The average molecular weight is 378 g/mol. The number of nitrogens with two attached hydrogens (primary N) is 1. The van der Waals surface area contributed by atoms with Gasteiger partial charge >= 0.3 is 11.9 Å². The summed E-state index contributed by atoms with van der Waals surface area (Å²) in [4.78, 5) is 32.9. The van der Waals surface area contributed by atoms with Gasteiger partial charge < -0.3 is 20.4 Å². The summed E-state index contributed by atoms with van der Waals surface area (Å²) in [6, 6.07) is 8.47. The number of nitrogen functional groups attached to an aromatic ring is 1. The summed E-state index contributed by atoms with van der Waals surface area (Å²) >= 11 is 0.820. The summed E-state index contributed by atoms with van der Waals surface area (Å²) in [6.07, 6.45) is -1.25. The van der Waals surface area contributed by atoms with Crippen LogP contribution in [-0.2, 0) is 19.2 Å². The first-order chi connectivity index (χ1) is 12.2. The van der Waals surface area contributed by atoms with Crippen LogP contribution in [0, 0.1) is 0 Å². The molecule has 1 heterocycles. The van der Waals surface area contributed by atoms with Gasteiger partial charge in [-0.15, -0.1) is 0 Å². The number of nitrogens with zero attached hydrogens (tertiary/aromatic N) is 3. The molecule has 0 spiro atoms. The van der Waals surface area contributed by atoms with E-state index in [9.17, 15) is 14.7 Å². The minimum atomic E-state index is -1.42. The Morgan fingerprint density at radius 3 is 2.42 bits per heavy atom. The first kappa shape index (κ1) is 19.3. The zero-order valence-corrected chi connectivity index (χ0v) is 15.2. The predicted molar refractivity (Wildman–Crippen MR) is 94.6 cm³/mol. The van der Waals surface area contributed by atoms with Gasteiger partial charge in [-0.05, 0) is 20.8 Å². The van der Waals surface area contributed by atoms with Crippen molar-refractivity contribution in [3.8, 4) is 0 Å². The van der Waals surface area contributed by atoms with Crippen molar-refractivity contribution < 1.29 is 24.3 Å². The summed E-state index contributed by atoms with van der Waals surface area (Å²) in [6.45, 7) is 5.13. The number of benzene rings is 1. The Morgan fingerprint density at radius 2 is 1.92 bits per heavy atom. The van der Waals surface area contributed by atoms with E-state index in [1.807, 2.05) is 0 Å². The number of rotatable bonds is 6. The van der Waals surface area contributed by atoms with Crippen LogP contribution in [0.3, 0.4) is 0 Å². The summed E-state index contributed by atoms with van der Waals surface area (Å²) in [7, 11) is 0. The number of hydrogen-bond acceptors (Lipinski definition) is 9. The minimum Gasteiger partial charge on any atom is -0.476 e. The molecule has 10 heteroatoms. The van der Waals surface area contributed by atoms with Crippen molar-refractivity contribution in [2.45, 2.75) is 32.5 Å². The van der Waals surface area contributed by atoms with Gasteiger partial charge in [-0.1, -0.05) is 35.5 Å². The molecule has 0 aliphatic carbocycles. The molecule has 3 N–H and O–H groups in total. The maximum atomic E-state index is 12.5. The highest BCUT2D eigenvalue weighted by Crippen LogP contribution is 2.23. The quantitative estimate of drug-likeness (QED) is 0.442. The molecule has 0 saturated carbocycles. The Hall–Kier alpha value is -3.01. The number of aliphatic carboxylic acids is 1. The molecule has 1 atom stereocenters. The Kier molecular flexibility index (Phi) is 5.88. The van der Waals surface area contributed by atoms with E-state index < -0.39 is 29.4 Å². The molecule has 1 unspecified atom stereocenters. The lowest BCUT2D eigenvalue weighted by Crippen LogP contribution is -2.29. The first-order valence-corrected chi connectivity index (χ1v) is 8.29. The summed E-state index contributed by atoms with van der Waals surface area (Å²) in [5.41, 5.74) is 4.60. The van der Waals surface area contributed by atoms with E-state index in [0.29, 0.717) is 5.56 Å². The molecule has 0 aliphatic heterocycles. The van der Waals surface area contributed by atoms with Crippen molar-refractivity contribution in [1.82, 2.24) is 9.36 Å². The molecule has 138 valence electrons.